The number of carbonyl (C=O) groups excluding carboxylic acids is 1. The second-order valence-corrected chi connectivity index (χ2v) is 11.0. The van der Waals surface area contributed by atoms with Crippen molar-refractivity contribution in [3.8, 4) is 0 Å². The van der Waals surface area contributed by atoms with Crippen LogP contribution in [0, 0.1) is 0 Å². The molecule has 0 fully saturated rings. The highest BCUT2D eigenvalue weighted by Gasteiger charge is 2.24. The van der Waals surface area contributed by atoms with Crippen LogP contribution >= 0.6 is 0 Å². The van der Waals surface area contributed by atoms with Crippen LogP contribution in [0.3, 0.4) is 0 Å². The van der Waals surface area contributed by atoms with E-state index >= 15 is 0 Å². The predicted molar refractivity (Wildman–Crippen MR) is 157 cm³/mol. The van der Waals surface area contributed by atoms with Crippen molar-refractivity contribution in [2.45, 2.75) is 52.3 Å². The molecule has 0 aliphatic carbocycles. The fourth-order valence-corrected chi connectivity index (χ4v) is 5.01. The molecule has 0 bridgehead atoms. The van der Waals surface area contributed by atoms with Crippen molar-refractivity contribution in [2.75, 3.05) is 11.4 Å². The van der Waals surface area contributed by atoms with E-state index in [1.54, 1.807) is 4.90 Å². The lowest BCUT2D eigenvalue weighted by atomic mass is 9.93. The highest BCUT2D eigenvalue weighted by atomic mass is 16.6. The molecule has 4 aromatic carbocycles. The molecule has 0 spiro atoms. The summed E-state index contributed by atoms with van der Waals surface area (Å²) in [6, 6.07) is 34.4. The Balaban J connectivity index is 1.51. The van der Waals surface area contributed by atoms with E-state index in [2.05, 4.69) is 102 Å². The quantitative estimate of drug-likeness (QED) is 0.264. The second kappa shape index (κ2) is 11.1. The summed E-state index contributed by atoms with van der Waals surface area (Å²) in [5, 5.41) is 2.40. The SMILES string of the molecule is CC(C)(C)OC(=O)N1C=C(c2cccc3ccc(N(Cc4ccccc4)Cc4ccccc4)cc23)CCC1. The van der Waals surface area contributed by atoms with E-state index in [1.165, 1.54) is 38.7 Å². The molecule has 1 heterocycles. The molecule has 1 aliphatic rings. The Kier molecular flexibility index (Phi) is 7.50. The maximum Gasteiger partial charge on any atom is 0.414 e. The van der Waals surface area contributed by atoms with Crippen molar-refractivity contribution in [1.29, 1.82) is 0 Å². The van der Waals surface area contributed by atoms with Gasteiger partial charge in [-0.15, -0.1) is 0 Å². The second-order valence-electron chi connectivity index (χ2n) is 11.0. The molecule has 4 aromatic rings. The topological polar surface area (TPSA) is 32.8 Å². The first-order valence-electron chi connectivity index (χ1n) is 13.4. The molecule has 0 unspecified atom stereocenters. The molecule has 0 saturated carbocycles. The number of nitrogens with zero attached hydrogens (tertiary/aromatic N) is 2. The summed E-state index contributed by atoms with van der Waals surface area (Å²) in [5.41, 5.74) is 5.56. The third kappa shape index (κ3) is 6.25. The molecule has 4 heteroatoms. The lowest BCUT2D eigenvalue weighted by Crippen LogP contribution is -2.35. The van der Waals surface area contributed by atoms with Gasteiger partial charge < -0.3 is 9.64 Å². The van der Waals surface area contributed by atoms with E-state index < -0.39 is 5.60 Å². The average molecular weight is 505 g/mol. The Morgan fingerprint density at radius 1 is 0.842 bits per heavy atom. The van der Waals surface area contributed by atoms with Gasteiger partial charge in [0.05, 0.1) is 0 Å². The van der Waals surface area contributed by atoms with Crippen molar-refractivity contribution in [2.24, 2.45) is 0 Å². The molecule has 0 atom stereocenters. The zero-order valence-corrected chi connectivity index (χ0v) is 22.6. The Morgan fingerprint density at radius 2 is 1.50 bits per heavy atom. The molecule has 0 radical (unpaired) electrons. The van der Waals surface area contributed by atoms with Crippen LogP contribution in [-0.4, -0.2) is 23.1 Å². The number of benzene rings is 4. The lowest BCUT2D eigenvalue weighted by molar-refractivity contribution is 0.0329. The highest BCUT2D eigenvalue weighted by molar-refractivity contribution is 5.96. The summed E-state index contributed by atoms with van der Waals surface area (Å²) in [5.74, 6) is 0. The standard InChI is InChI=1S/C34H36N2O2/c1-34(2,3)38-33(37)35-21-11-17-29(25-35)31-18-10-16-28-19-20-30(22-32(28)31)36(23-26-12-6-4-7-13-26)24-27-14-8-5-9-15-27/h4-10,12-16,18-20,22,25H,11,17,21,23-24H2,1-3H3. The van der Waals surface area contributed by atoms with E-state index in [9.17, 15) is 4.79 Å². The molecule has 0 saturated heterocycles. The van der Waals surface area contributed by atoms with E-state index in [4.69, 9.17) is 4.74 Å². The van der Waals surface area contributed by atoms with Crippen LogP contribution in [0.4, 0.5) is 10.5 Å². The number of allylic oxidation sites excluding steroid dienone is 1. The number of ether oxygens (including phenoxy) is 1. The smallest absolute Gasteiger partial charge is 0.414 e. The Hall–Kier alpha value is -4.05. The summed E-state index contributed by atoms with van der Waals surface area (Å²) in [6.07, 6.45) is 3.55. The normalized spacial score (nSPS) is 13.8. The lowest BCUT2D eigenvalue weighted by Gasteiger charge is -2.29. The monoisotopic (exact) mass is 504 g/mol. The van der Waals surface area contributed by atoms with Gasteiger partial charge in [-0.2, -0.15) is 0 Å². The van der Waals surface area contributed by atoms with Gasteiger partial charge in [0.1, 0.15) is 5.60 Å². The van der Waals surface area contributed by atoms with E-state index in [-0.39, 0.29) is 6.09 Å². The van der Waals surface area contributed by atoms with Crippen molar-refractivity contribution >= 4 is 28.1 Å². The summed E-state index contributed by atoms with van der Waals surface area (Å²) >= 11 is 0. The first-order chi connectivity index (χ1) is 18.4. The fraction of sp³-hybridized carbons (Fsp3) is 0.265. The number of amides is 1. The van der Waals surface area contributed by atoms with Crippen LogP contribution in [0.1, 0.15) is 50.3 Å². The summed E-state index contributed by atoms with van der Waals surface area (Å²) in [6.45, 7) is 8.03. The number of hydrogen-bond acceptors (Lipinski definition) is 3. The van der Waals surface area contributed by atoms with Crippen LogP contribution in [-0.2, 0) is 17.8 Å². The van der Waals surface area contributed by atoms with Crippen LogP contribution in [0.2, 0.25) is 0 Å². The zero-order chi connectivity index (χ0) is 26.5. The summed E-state index contributed by atoms with van der Waals surface area (Å²) in [7, 11) is 0. The number of anilines is 1. The number of rotatable bonds is 6. The van der Waals surface area contributed by atoms with Crippen LogP contribution < -0.4 is 4.90 Å². The largest absolute Gasteiger partial charge is 0.443 e. The van der Waals surface area contributed by atoms with Gasteiger partial charge in [0.2, 0.25) is 0 Å². The molecule has 1 amide bonds. The molecule has 5 rings (SSSR count). The molecular formula is C34H36N2O2. The van der Waals surface area contributed by atoms with Crippen molar-refractivity contribution in [1.82, 2.24) is 4.90 Å². The van der Waals surface area contributed by atoms with Crippen molar-refractivity contribution in [3.63, 3.8) is 0 Å². The minimum atomic E-state index is -0.516. The third-order valence-corrected chi connectivity index (χ3v) is 6.79. The third-order valence-electron chi connectivity index (χ3n) is 6.79. The minimum Gasteiger partial charge on any atom is -0.443 e. The van der Waals surface area contributed by atoms with Gasteiger partial charge in [-0.1, -0.05) is 84.9 Å². The van der Waals surface area contributed by atoms with Crippen LogP contribution in [0.5, 0.6) is 0 Å². The molecule has 38 heavy (non-hydrogen) atoms. The molecule has 0 aromatic heterocycles. The van der Waals surface area contributed by atoms with Crippen molar-refractivity contribution in [3.05, 3.63) is 120 Å². The number of fused-ring (bicyclic) bond motifs is 1. The number of hydrogen-bond donors (Lipinski definition) is 0. The molecule has 1 aliphatic heterocycles. The van der Waals surface area contributed by atoms with Gasteiger partial charge in [0.15, 0.2) is 0 Å². The molecule has 4 nitrogen and oxygen atoms in total. The molecule has 0 N–H and O–H groups in total. The van der Waals surface area contributed by atoms with Crippen molar-refractivity contribution < 1.29 is 9.53 Å². The molecule has 194 valence electrons. The van der Waals surface area contributed by atoms with Gasteiger partial charge in [-0.25, -0.2) is 4.79 Å². The van der Waals surface area contributed by atoms with Gasteiger partial charge in [-0.3, -0.25) is 4.90 Å². The first kappa shape index (κ1) is 25.6. The summed E-state index contributed by atoms with van der Waals surface area (Å²) in [4.78, 5) is 17.0. The first-order valence-corrected chi connectivity index (χ1v) is 13.4. The predicted octanol–water partition coefficient (Wildman–Crippen LogP) is 8.42. The fourth-order valence-electron chi connectivity index (χ4n) is 5.01. The zero-order valence-electron chi connectivity index (χ0n) is 22.6. The van der Waals surface area contributed by atoms with E-state index in [0.29, 0.717) is 6.54 Å². The Bertz CT molecular complexity index is 1380. The maximum atomic E-state index is 12.8. The van der Waals surface area contributed by atoms with Gasteiger partial charge >= 0.3 is 6.09 Å². The Morgan fingerprint density at radius 3 is 2.13 bits per heavy atom. The number of carbonyl (C=O) groups is 1. The highest BCUT2D eigenvalue weighted by Crippen LogP contribution is 2.34. The van der Waals surface area contributed by atoms with Crippen LogP contribution in [0.25, 0.3) is 16.3 Å². The van der Waals surface area contributed by atoms with Gasteiger partial charge in [0, 0.05) is 31.5 Å². The van der Waals surface area contributed by atoms with Gasteiger partial charge in [-0.05, 0) is 78.8 Å². The van der Waals surface area contributed by atoms with Gasteiger partial charge in [0.25, 0.3) is 0 Å². The Labute approximate surface area is 226 Å². The average Bonchev–Trinajstić information content (AvgIpc) is 2.92. The minimum absolute atomic E-state index is 0.285. The van der Waals surface area contributed by atoms with E-state index in [0.717, 1.165) is 25.9 Å². The van der Waals surface area contributed by atoms with Crippen LogP contribution in [0.15, 0.2) is 103 Å². The summed E-state index contributed by atoms with van der Waals surface area (Å²) < 4.78 is 5.65. The van der Waals surface area contributed by atoms with E-state index in [1.807, 2.05) is 27.0 Å². The molecular weight excluding hydrogens is 468 g/mol. The maximum absolute atomic E-state index is 12.8.